The summed E-state index contributed by atoms with van der Waals surface area (Å²) in [6.45, 7) is 14.1. The molecule has 0 unspecified atom stereocenters. The Morgan fingerprint density at radius 1 is 1.15 bits per heavy atom. The van der Waals surface area contributed by atoms with Crippen LogP contribution in [0.1, 0.15) is 73.1 Å². The van der Waals surface area contributed by atoms with Crippen molar-refractivity contribution in [1.29, 1.82) is 0 Å². The summed E-state index contributed by atoms with van der Waals surface area (Å²) in [5.74, 6) is 0.931. The van der Waals surface area contributed by atoms with Gasteiger partial charge in [-0.25, -0.2) is 0 Å². The van der Waals surface area contributed by atoms with E-state index in [0.29, 0.717) is 11.5 Å². The molecule has 2 nitrogen and oxygen atoms in total. The average molecular weight is 283 g/mol. The van der Waals surface area contributed by atoms with E-state index in [2.05, 4.69) is 51.9 Å². The fourth-order valence-electron chi connectivity index (χ4n) is 3.76. The third kappa shape index (κ3) is 5.37. The molecule has 0 amide bonds. The lowest BCUT2D eigenvalue weighted by atomic mass is 9.70. The molecule has 1 N–H and O–H groups in total. The van der Waals surface area contributed by atoms with Crippen LogP contribution < -0.4 is 5.32 Å². The number of nitrogens with zero attached hydrogens (tertiary/aromatic N) is 1. The maximum absolute atomic E-state index is 3.72. The fourth-order valence-corrected chi connectivity index (χ4v) is 3.76. The van der Waals surface area contributed by atoms with E-state index in [1.807, 2.05) is 0 Å². The van der Waals surface area contributed by atoms with Gasteiger partial charge in [0.15, 0.2) is 0 Å². The van der Waals surface area contributed by atoms with Gasteiger partial charge in [-0.3, -0.25) is 0 Å². The molecular formula is C18H38N2. The zero-order valence-electron chi connectivity index (χ0n) is 14.8. The molecular weight excluding hydrogens is 244 g/mol. The highest BCUT2D eigenvalue weighted by Crippen LogP contribution is 2.39. The minimum absolute atomic E-state index is 0.508. The average Bonchev–Trinajstić information content (AvgIpc) is 2.41. The Balaban J connectivity index is 2.67. The van der Waals surface area contributed by atoms with Crippen LogP contribution in [-0.4, -0.2) is 37.1 Å². The number of hydrogen-bond donors (Lipinski definition) is 1. The zero-order valence-corrected chi connectivity index (χ0v) is 14.8. The van der Waals surface area contributed by atoms with Crippen molar-refractivity contribution in [3.8, 4) is 0 Å². The van der Waals surface area contributed by atoms with Gasteiger partial charge in [-0.05, 0) is 44.1 Å². The summed E-state index contributed by atoms with van der Waals surface area (Å²) in [6, 6.07) is 1.36. The van der Waals surface area contributed by atoms with E-state index in [0.717, 1.165) is 12.0 Å². The van der Waals surface area contributed by atoms with E-state index in [4.69, 9.17) is 0 Å². The predicted octanol–water partition coefficient (Wildman–Crippen LogP) is 4.30. The molecule has 0 aliphatic heterocycles. The zero-order chi connectivity index (χ0) is 15.2. The Bertz CT molecular complexity index is 250. The number of nitrogens with one attached hydrogen (secondary N) is 1. The van der Waals surface area contributed by atoms with Crippen molar-refractivity contribution in [2.24, 2.45) is 11.3 Å². The molecule has 2 heteroatoms. The molecule has 1 rings (SSSR count). The first kappa shape index (κ1) is 18.0. The van der Waals surface area contributed by atoms with Gasteiger partial charge in [-0.1, -0.05) is 47.5 Å². The van der Waals surface area contributed by atoms with E-state index in [-0.39, 0.29) is 0 Å². The van der Waals surface area contributed by atoms with E-state index >= 15 is 0 Å². The van der Waals surface area contributed by atoms with Crippen molar-refractivity contribution in [2.45, 2.75) is 85.2 Å². The fraction of sp³-hybridized carbons (Fsp3) is 1.00. The monoisotopic (exact) mass is 282 g/mol. The van der Waals surface area contributed by atoms with Gasteiger partial charge in [0.05, 0.1) is 0 Å². The highest BCUT2D eigenvalue weighted by atomic mass is 15.1. The standard InChI is InChI=1S/C18H38N2/c1-7-17(8-2)20(6)14-18(13-19-15(3)4)11-9-16(5)10-12-18/h15-17,19H,7-14H2,1-6H3. The van der Waals surface area contributed by atoms with Crippen LogP contribution in [0.3, 0.4) is 0 Å². The SMILES string of the molecule is CCC(CC)N(C)CC1(CNC(C)C)CCC(C)CC1. The lowest BCUT2D eigenvalue weighted by Gasteiger charge is -2.44. The van der Waals surface area contributed by atoms with Crippen LogP contribution in [0.25, 0.3) is 0 Å². The first-order chi connectivity index (χ1) is 9.42. The van der Waals surface area contributed by atoms with Gasteiger partial charge in [-0.2, -0.15) is 0 Å². The normalized spacial score (nSPS) is 27.8. The van der Waals surface area contributed by atoms with Gasteiger partial charge in [0.1, 0.15) is 0 Å². The van der Waals surface area contributed by atoms with Crippen molar-refractivity contribution in [3.05, 3.63) is 0 Å². The summed E-state index contributed by atoms with van der Waals surface area (Å²) >= 11 is 0. The van der Waals surface area contributed by atoms with Crippen molar-refractivity contribution in [3.63, 3.8) is 0 Å². The Morgan fingerprint density at radius 2 is 1.70 bits per heavy atom. The van der Waals surface area contributed by atoms with Crippen molar-refractivity contribution < 1.29 is 0 Å². The second-order valence-corrected chi connectivity index (χ2v) is 7.60. The summed E-state index contributed by atoms with van der Waals surface area (Å²) in [5, 5.41) is 3.72. The van der Waals surface area contributed by atoms with Gasteiger partial charge >= 0.3 is 0 Å². The molecule has 0 bridgehead atoms. The van der Waals surface area contributed by atoms with Crippen LogP contribution in [0.15, 0.2) is 0 Å². The Hall–Kier alpha value is -0.0800. The predicted molar refractivity (Wildman–Crippen MR) is 90.2 cm³/mol. The number of rotatable bonds is 8. The second kappa shape index (κ2) is 8.38. The molecule has 1 aliphatic carbocycles. The van der Waals surface area contributed by atoms with Crippen LogP contribution in [-0.2, 0) is 0 Å². The molecule has 0 atom stereocenters. The topological polar surface area (TPSA) is 15.3 Å². The van der Waals surface area contributed by atoms with Crippen LogP contribution in [0.4, 0.5) is 0 Å². The molecule has 0 spiro atoms. The van der Waals surface area contributed by atoms with Crippen molar-refractivity contribution in [2.75, 3.05) is 20.1 Å². The quantitative estimate of drug-likeness (QED) is 0.714. The summed E-state index contributed by atoms with van der Waals surface area (Å²) in [5.41, 5.74) is 0.508. The molecule has 0 heterocycles. The van der Waals surface area contributed by atoms with Gasteiger partial charge in [-0.15, -0.1) is 0 Å². The Morgan fingerprint density at radius 3 is 2.15 bits per heavy atom. The molecule has 1 aliphatic rings. The van der Waals surface area contributed by atoms with Crippen LogP contribution >= 0.6 is 0 Å². The summed E-state index contributed by atoms with van der Waals surface area (Å²) < 4.78 is 0. The lowest BCUT2D eigenvalue weighted by Crippen LogP contribution is -2.48. The maximum atomic E-state index is 3.72. The first-order valence-electron chi connectivity index (χ1n) is 8.86. The third-order valence-electron chi connectivity index (χ3n) is 5.37. The van der Waals surface area contributed by atoms with Gasteiger partial charge in [0, 0.05) is 25.2 Å². The number of hydrogen-bond acceptors (Lipinski definition) is 2. The molecule has 20 heavy (non-hydrogen) atoms. The molecule has 0 saturated heterocycles. The van der Waals surface area contributed by atoms with Gasteiger partial charge < -0.3 is 10.2 Å². The molecule has 1 fully saturated rings. The highest BCUT2D eigenvalue weighted by molar-refractivity contribution is 4.90. The van der Waals surface area contributed by atoms with E-state index in [1.54, 1.807) is 0 Å². The van der Waals surface area contributed by atoms with Crippen LogP contribution in [0.2, 0.25) is 0 Å². The summed E-state index contributed by atoms with van der Waals surface area (Å²) in [4.78, 5) is 2.64. The second-order valence-electron chi connectivity index (χ2n) is 7.60. The van der Waals surface area contributed by atoms with Crippen LogP contribution in [0, 0.1) is 11.3 Å². The van der Waals surface area contributed by atoms with Gasteiger partial charge in [0.2, 0.25) is 0 Å². The van der Waals surface area contributed by atoms with E-state index in [1.165, 1.54) is 51.6 Å². The smallest absolute Gasteiger partial charge is 0.00872 e. The maximum Gasteiger partial charge on any atom is 0.00872 e. The van der Waals surface area contributed by atoms with E-state index < -0.39 is 0 Å². The molecule has 1 saturated carbocycles. The largest absolute Gasteiger partial charge is 0.314 e. The lowest BCUT2D eigenvalue weighted by molar-refractivity contribution is 0.0743. The summed E-state index contributed by atoms with van der Waals surface area (Å²) in [6.07, 6.45) is 8.18. The highest BCUT2D eigenvalue weighted by Gasteiger charge is 2.35. The van der Waals surface area contributed by atoms with Crippen molar-refractivity contribution >= 4 is 0 Å². The Labute approximate surface area is 127 Å². The summed E-state index contributed by atoms with van der Waals surface area (Å²) in [7, 11) is 2.34. The minimum atomic E-state index is 0.508. The van der Waals surface area contributed by atoms with Crippen molar-refractivity contribution in [1.82, 2.24) is 10.2 Å². The molecule has 0 radical (unpaired) electrons. The molecule has 120 valence electrons. The first-order valence-corrected chi connectivity index (χ1v) is 8.86. The van der Waals surface area contributed by atoms with Crippen LogP contribution in [0.5, 0.6) is 0 Å². The third-order valence-corrected chi connectivity index (χ3v) is 5.37. The molecule has 0 aromatic rings. The van der Waals surface area contributed by atoms with E-state index in [9.17, 15) is 0 Å². The molecule has 0 aromatic heterocycles. The van der Waals surface area contributed by atoms with Gasteiger partial charge in [0.25, 0.3) is 0 Å². The molecule has 0 aromatic carbocycles. The minimum Gasteiger partial charge on any atom is -0.314 e. The Kier molecular flexibility index (Phi) is 7.53.